The topological polar surface area (TPSA) is 63.4 Å². The monoisotopic (exact) mass is 422 g/mol. The number of carbonyl (C=O) groups is 1. The van der Waals surface area contributed by atoms with Crippen molar-refractivity contribution in [3.8, 4) is 0 Å². The van der Waals surface area contributed by atoms with Crippen molar-refractivity contribution in [2.24, 2.45) is 0 Å². The standard InChI is InChI=1S/C22H15ClN2O3S/c1-11-6-7-16-15(8-11)19(26)17-18(13-4-3-5-14(23)9-13)25(21(27)20(17)28-16)22-24-12(2)10-29-22/h3-10,18H,1-2H3. The molecule has 0 saturated heterocycles. The van der Waals surface area contributed by atoms with Gasteiger partial charge < -0.3 is 4.42 Å². The largest absolute Gasteiger partial charge is 0.450 e. The number of carbonyl (C=O) groups excluding carboxylic acids is 1. The van der Waals surface area contributed by atoms with Crippen LogP contribution < -0.4 is 10.3 Å². The molecule has 0 fully saturated rings. The van der Waals surface area contributed by atoms with Crippen LogP contribution in [0.5, 0.6) is 0 Å². The van der Waals surface area contributed by atoms with E-state index in [4.69, 9.17) is 16.0 Å². The van der Waals surface area contributed by atoms with E-state index >= 15 is 0 Å². The van der Waals surface area contributed by atoms with E-state index in [1.54, 1.807) is 30.3 Å². The zero-order valence-corrected chi connectivity index (χ0v) is 17.2. The number of benzene rings is 2. The molecule has 3 heterocycles. The van der Waals surface area contributed by atoms with Crippen LogP contribution in [0.2, 0.25) is 5.02 Å². The number of hydrogen-bond donors (Lipinski definition) is 0. The zero-order valence-electron chi connectivity index (χ0n) is 15.6. The van der Waals surface area contributed by atoms with E-state index in [1.165, 1.54) is 16.2 Å². The van der Waals surface area contributed by atoms with Gasteiger partial charge in [-0.25, -0.2) is 4.98 Å². The zero-order chi connectivity index (χ0) is 20.3. The first kappa shape index (κ1) is 18.1. The smallest absolute Gasteiger partial charge is 0.297 e. The summed E-state index contributed by atoms with van der Waals surface area (Å²) >= 11 is 7.58. The Balaban J connectivity index is 1.84. The van der Waals surface area contributed by atoms with Gasteiger partial charge in [-0.3, -0.25) is 14.5 Å². The average Bonchev–Trinajstić information content (AvgIpc) is 3.24. The molecule has 0 N–H and O–H groups in total. The number of anilines is 1. The maximum Gasteiger partial charge on any atom is 0.297 e. The second-order valence-electron chi connectivity index (χ2n) is 7.08. The van der Waals surface area contributed by atoms with Gasteiger partial charge in [0.25, 0.3) is 5.91 Å². The summed E-state index contributed by atoms with van der Waals surface area (Å²) in [5, 5.41) is 3.37. The maximum absolute atomic E-state index is 13.5. The lowest BCUT2D eigenvalue weighted by Crippen LogP contribution is -2.29. The van der Waals surface area contributed by atoms with Gasteiger partial charge in [-0.15, -0.1) is 11.3 Å². The number of halogens is 1. The van der Waals surface area contributed by atoms with Crippen molar-refractivity contribution in [2.45, 2.75) is 19.9 Å². The highest BCUT2D eigenvalue weighted by Gasteiger charge is 2.44. The lowest BCUT2D eigenvalue weighted by Gasteiger charge is -2.22. The van der Waals surface area contributed by atoms with Gasteiger partial charge in [-0.05, 0) is 43.7 Å². The lowest BCUT2D eigenvalue weighted by atomic mass is 9.98. The number of amides is 1. The molecule has 5 rings (SSSR count). The van der Waals surface area contributed by atoms with Crippen LogP contribution in [0.3, 0.4) is 0 Å². The highest BCUT2D eigenvalue weighted by Crippen LogP contribution is 2.42. The molecule has 4 aromatic rings. The summed E-state index contributed by atoms with van der Waals surface area (Å²) in [7, 11) is 0. The predicted octanol–water partition coefficient (Wildman–Crippen LogP) is 5.27. The Kier molecular flexibility index (Phi) is 4.08. The van der Waals surface area contributed by atoms with Crippen LogP contribution in [-0.2, 0) is 0 Å². The number of fused-ring (bicyclic) bond motifs is 2. The number of thiazole rings is 1. The van der Waals surface area contributed by atoms with E-state index in [-0.39, 0.29) is 17.1 Å². The number of hydrogen-bond acceptors (Lipinski definition) is 5. The first-order valence-corrected chi connectivity index (χ1v) is 10.3. The first-order valence-electron chi connectivity index (χ1n) is 9.02. The summed E-state index contributed by atoms with van der Waals surface area (Å²) in [6.07, 6.45) is 0. The van der Waals surface area contributed by atoms with Gasteiger partial charge in [0.05, 0.1) is 22.7 Å². The Morgan fingerprint density at radius 2 is 1.97 bits per heavy atom. The summed E-state index contributed by atoms with van der Waals surface area (Å²) in [5.41, 5.74) is 2.99. The molecule has 1 aliphatic heterocycles. The van der Waals surface area contributed by atoms with Gasteiger partial charge in [0.1, 0.15) is 5.58 Å². The summed E-state index contributed by atoms with van der Waals surface area (Å²) in [4.78, 5) is 32.9. The molecule has 0 spiro atoms. The van der Waals surface area contributed by atoms with Crippen molar-refractivity contribution in [2.75, 3.05) is 4.90 Å². The maximum atomic E-state index is 13.5. The molecule has 1 aliphatic rings. The summed E-state index contributed by atoms with van der Waals surface area (Å²) in [6.45, 7) is 3.78. The Bertz CT molecular complexity index is 1360. The van der Waals surface area contributed by atoms with E-state index in [0.717, 1.165) is 16.8 Å². The molecule has 29 heavy (non-hydrogen) atoms. The minimum Gasteiger partial charge on any atom is -0.450 e. The molecular weight excluding hydrogens is 408 g/mol. The Morgan fingerprint density at radius 1 is 1.14 bits per heavy atom. The Hall–Kier alpha value is -2.96. The molecule has 7 heteroatoms. The molecular formula is C22H15ClN2O3S. The predicted molar refractivity (Wildman–Crippen MR) is 114 cm³/mol. The van der Waals surface area contributed by atoms with Crippen LogP contribution >= 0.6 is 22.9 Å². The van der Waals surface area contributed by atoms with Crippen molar-refractivity contribution >= 4 is 44.9 Å². The third-order valence-corrected chi connectivity index (χ3v) is 6.20. The SMILES string of the molecule is Cc1ccc2oc3c(c(=O)c2c1)C(c1cccc(Cl)c1)N(c1nc(C)cs1)C3=O. The molecule has 144 valence electrons. The highest BCUT2D eigenvalue weighted by molar-refractivity contribution is 7.14. The van der Waals surface area contributed by atoms with Crippen molar-refractivity contribution in [1.29, 1.82) is 0 Å². The number of nitrogens with zero attached hydrogens (tertiary/aromatic N) is 2. The fraction of sp³-hybridized carbons (Fsp3) is 0.136. The molecule has 1 atom stereocenters. The molecule has 0 radical (unpaired) electrons. The van der Waals surface area contributed by atoms with Crippen LogP contribution in [0.4, 0.5) is 5.13 Å². The van der Waals surface area contributed by atoms with E-state index in [2.05, 4.69) is 4.98 Å². The molecule has 0 saturated carbocycles. The first-order chi connectivity index (χ1) is 13.9. The average molecular weight is 423 g/mol. The van der Waals surface area contributed by atoms with Gasteiger partial charge in [0.15, 0.2) is 10.6 Å². The van der Waals surface area contributed by atoms with Crippen LogP contribution in [0.25, 0.3) is 11.0 Å². The van der Waals surface area contributed by atoms with Crippen LogP contribution in [0.15, 0.2) is 57.1 Å². The van der Waals surface area contributed by atoms with Crippen molar-refractivity contribution < 1.29 is 9.21 Å². The molecule has 2 aromatic carbocycles. The quantitative estimate of drug-likeness (QED) is 0.441. The second-order valence-corrected chi connectivity index (χ2v) is 8.35. The van der Waals surface area contributed by atoms with E-state index in [1.807, 2.05) is 31.4 Å². The van der Waals surface area contributed by atoms with Crippen molar-refractivity contribution in [3.63, 3.8) is 0 Å². The van der Waals surface area contributed by atoms with Gasteiger partial charge in [0.2, 0.25) is 5.76 Å². The molecule has 1 amide bonds. The molecule has 0 aliphatic carbocycles. The molecule has 5 nitrogen and oxygen atoms in total. The third-order valence-electron chi connectivity index (χ3n) is 5.00. The molecule has 1 unspecified atom stereocenters. The third kappa shape index (κ3) is 2.79. The van der Waals surface area contributed by atoms with Gasteiger partial charge in [-0.1, -0.05) is 35.4 Å². The summed E-state index contributed by atoms with van der Waals surface area (Å²) in [5.74, 6) is -0.317. The number of rotatable bonds is 2. The normalized spacial score (nSPS) is 15.9. The fourth-order valence-corrected chi connectivity index (χ4v) is 4.75. The Morgan fingerprint density at radius 3 is 2.69 bits per heavy atom. The van der Waals surface area contributed by atoms with Gasteiger partial charge >= 0.3 is 0 Å². The van der Waals surface area contributed by atoms with Crippen LogP contribution in [0.1, 0.15) is 39.0 Å². The van der Waals surface area contributed by atoms with E-state index < -0.39 is 6.04 Å². The van der Waals surface area contributed by atoms with Crippen molar-refractivity contribution in [3.05, 3.63) is 91.2 Å². The van der Waals surface area contributed by atoms with E-state index in [9.17, 15) is 9.59 Å². The fourth-order valence-electron chi connectivity index (χ4n) is 3.73. The molecule has 2 aromatic heterocycles. The van der Waals surface area contributed by atoms with Gasteiger partial charge in [0, 0.05) is 10.4 Å². The number of aromatic nitrogens is 1. The minimum absolute atomic E-state index is 0.0594. The second kappa shape index (κ2) is 6.54. The summed E-state index contributed by atoms with van der Waals surface area (Å²) < 4.78 is 5.95. The lowest BCUT2D eigenvalue weighted by molar-refractivity contribution is 0.0971. The van der Waals surface area contributed by atoms with Crippen LogP contribution in [-0.4, -0.2) is 10.9 Å². The summed E-state index contributed by atoms with van der Waals surface area (Å²) in [6, 6.07) is 11.9. The Labute approximate surface area is 175 Å². The minimum atomic E-state index is -0.650. The van der Waals surface area contributed by atoms with E-state index in [0.29, 0.717) is 26.7 Å². The molecule has 0 bridgehead atoms. The van der Waals surface area contributed by atoms with Gasteiger partial charge in [-0.2, -0.15) is 0 Å². The highest BCUT2D eigenvalue weighted by atomic mass is 35.5. The van der Waals surface area contributed by atoms with Crippen LogP contribution in [0, 0.1) is 13.8 Å². The van der Waals surface area contributed by atoms with Crippen molar-refractivity contribution in [1.82, 2.24) is 4.98 Å². The number of aryl methyl sites for hydroxylation is 2.